The van der Waals surface area contributed by atoms with Gasteiger partial charge in [0.1, 0.15) is 0 Å². The number of anilines is 1. The van der Waals surface area contributed by atoms with E-state index in [0.717, 1.165) is 39.1 Å². The average Bonchev–Trinajstić information content (AvgIpc) is 3.20. The van der Waals surface area contributed by atoms with Crippen LogP contribution in [0.25, 0.3) is 33.5 Å². The van der Waals surface area contributed by atoms with Crippen molar-refractivity contribution in [2.45, 2.75) is 33.7 Å². The number of nitrogens with zero attached hydrogens (tertiary/aromatic N) is 3. The summed E-state index contributed by atoms with van der Waals surface area (Å²) in [6.45, 7) is 7.48. The molecule has 0 saturated heterocycles. The molecule has 0 atom stereocenters. The van der Waals surface area contributed by atoms with Gasteiger partial charge in [-0.1, -0.05) is 29.8 Å². The van der Waals surface area contributed by atoms with Gasteiger partial charge >= 0.3 is 5.69 Å². The lowest BCUT2D eigenvalue weighted by Gasteiger charge is -2.08. The first-order valence-electron chi connectivity index (χ1n) is 9.92. The third-order valence-corrected chi connectivity index (χ3v) is 5.18. The third kappa shape index (κ3) is 3.32. The van der Waals surface area contributed by atoms with E-state index in [9.17, 15) is 9.59 Å². The minimum Gasteiger partial charge on any atom is -0.323 e. The van der Waals surface area contributed by atoms with Gasteiger partial charge in [0.05, 0.1) is 22.4 Å². The molecule has 1 amide bonds. The van der Waals surface area contributed by atoms with Gasteiger partial charge in [-0.25, -0.2) is 9.78 Å². The van der Waals surface area contributed by atoms with Gasteiger partial charge in [-0.05, 0) is 39.0 Å². The number of aryl methyl sites for hydroxylation is 2. The number of carbonyl (C=O) groups is 1. The second-order valence-electron chi connectivity index (χ2n) is 7.87. The van der Waals surface area contributed by atoms with Crippen molar-refractivity contribution in [2.75, 3.05) is 5.32 Å². The first kappa shape index (κ1) is 19.7. The highest BCUT2D eigenvalue weighted by molar-refractivity contribution is 5.90. The molecule has 30 heavy (non-hydrogen) atoms. The molecule has 7 heteroatoms. The fraction of sp³-hybridized carbons (Fsp3) is 0.261. The van der Waals surface area contributed by atoms with Crippen LogP contribution in [0.5, 0.6) is 0 Å². The van der Waals surface area contributed by atoms with Crippen LogP contribution in [0.15, 0.2) is 47.3 Å². The summed E-state index contributed by atoms with van der Waals surface area (Å²) in [6.07, 6.45) is 0. The summed E-state index contributed by atoms with van der Waals surface area (Å²) in [7, 11) is 1.78. The molecule has 2 N–H and O–H groups in total. The van der Waals surface area contributed by atoms with Crippen LogP contribution < -0.4 is 11.0 Å². The lowest BCUT2D eigenvalue weighted by Crippen LogP contribution is -2.23. The molecule has 0 aliphatic heterocycles. The van der Waals surface area contributed by atoms with Gasteiger partial charge < -0.3 is 4.98 Å². The number of nitrogens with one attached hydrogen (secondary N) is 2. The van der Waals surface area contributed by atoms with Crippen molar-refractivity contribution in [3.05, 3.63) is 58.5 Å². The van der Waals surface area contributed by atoms with E-state index < -0.39 is 0 Å². The van der Waals surface area contributed by atoms with Crippen molar-refractivity contribution in [1.29, 1.82) is 0 Å². The summed E-state index contributed by atoms with van der Waals surface area (Å²) in [6, 6.07) is 14.1. The van der Waals surface area contributed by atoms with Gasteiger partial charge in [-0.3, -0.25) is 19.2 Å². The van der Waals surface area contributed by atoms with Gasteiger partial charge in [-0.2, -0.15) is 0 Å². The van der Waals surface area contributed by atoms with Gasteiger partial charge in [0.2, 0.25) is 11.9 Å². The standard InChI is InChI=1S/C23H25N5O2/c1-13(2)28-18-10-9-17(12-19(18)27(5)23(28)30)21-20(16-8-6-7-14(3)11-16)25-22(26-21)24-15(4)29/h6-13H,1-5H3,(H2,24,25,26,29). The number of amides is 1. The number of rotatable bonds is 4. The van der Waals surface area contributed by atoms with Gasteiger partial charge in [-0.15, -0.1) is 0 Å². The molecule has 4 aromatic rings. The summed E-state index contributed by atoms with van der Waals surface area (Å²) < 4.78 is 3.45. The van der Waals surface area contributed by atoms with Crippen LogP contribution in [-0.2, 0) is 11.8 Å². The molecule has 0 fully saturated rings. The minimum absolute atomic E-state index is 0.0420. The van der Waals surface area contributed by atoms with E-state index in [-0.39, 0.29) is 17.6 Å². The number of aromatic amines is 1. The maximum Gasteiger partial charge on any atom is 0.329 e. The van der Waals surface area contributed by atoms with Crippen LogP contribution in [0.2, 0.25) is 0 Å². The highest BCUT2D eigenvalue weighted by atomic mass is 16.2. The van der Waals surface area contributed by atoms with Gasteiger partial charge in [0.25, 0.3) is 0 Å². The predicted octanol–water partition coefficient (Wildman–Crippen LogP) is 4.24. The Kier molecular flexibility index (Phi) is 4.81. The first-order valence-corrected chi connectivity index (χ1v) is 9.92. The quantitative estimate of drug-likeness (QED) is 0.534. The van der Waals surface area contributed by atoms with Crippen molar-refractivity contribution in [3.8, 4) is 22.5 Å². The van der Waals surface area contributed by atoms with E-state index in [1.807, 2.05) is 57.2 Å². The number of hydrogen-bond acceptors (Lipinski definition) is 3. The van der Waals surface area contributed by atoms with E-state index in [1.54, 1.807) is 16.2 Å². The lowest BCUT2D eigenvalue weighted by atomic mass is 10.0. The number of imidazole rings is 2. The van der Waals surface area contributed by atoms with E-state index in [1.165, 1.54) is 6.92 Å². The predicted molar refractivity (Wildman–Crippen MR) is 120 cm³/mol. The molecule has 0 unspecified atom stereocenters. The number of aromatic nitrogens is 4. The molecule has 4 rings (SSSR count). The Balaban J connectivity index is 1.94. The second-order valence-corrected chi connectivity index (χ2v) is 7.87. The maximum atomic E-state index is 12.7. The monoisotopic (exact) mass is 403 g/mol. The zero-order chi connectivity index (χ0) is 21.6. The normalized spacial score (nSPS) is 11.4. The lowest BCUT2D eigenvalue weighted by molar-refractivity contribution is -0.114. The van der Waals surface area contributed by atoms with Crippen molar-refractivity contribution in [2.24, 2.45) is 7.05 Å². The number of H-pyrrole nitrogens is 1. The molecule has 2 aromatic carbocycles. The highest BCUT2D eigenvalue weighted by Crippen LogP contribution is 2.33. The van der Waals surface area contributed by atoms with Crippen molar-refractivity contribution in [3.63, 3.8) is 0 Å². The molecule has 154 valence electrons. The molecule has 0 spiro atoms. The Morgan fingerprint density at radius 1 is 1.10 bits per heavy atom. The second kappa shape index (κ2) is 7.33. The summed E-state index contributed by atoms with van der Waals surface area (Å²) in [5.74, 6) is 0.195. The number of benzene rings is 2. The summed E-state index contributed by atoms with van der Waals surface area (Å²) in [4.78, 5) is 32.1. The molecule has 0 bridgehead atoms. The Labute approximate surface area is 174 Å². The van der Waals surface area contributed by atoms with Crippen LogP contribution in [0, 0.1) is 6.92 Å². The Morgan fingerprint density at radius 2 is 1.87 bits per heavy atom. The third-order valence-electron chi connectivity index (χ3n) is 5.18. The highest BCUT2D eigenvalue weighted by Gasteiger charge is 2.18. The van der Waals surface area contributed by atoms with Gasteiger partial charge in [0, 0.05) is 31.1 Å². The molecule has 2 heterocycles. The fourth-order valence-electron chi connectivity index (χ4n) is 3.83. The van der Waals surface area contributed by atoms with Crippen molar-refractivity contribution < 1.29 is 4.79 Å². The zero-order valence-electron chi connectivity index (χ0n) is 17.8. The minimum atomic E-state index is -0.196. The first-order chi connectivity index (χ1) is 14.3. The molecule has 7 nitrogen and oxygen atoms in total. The summed E-state index contributed by atoms with van der Waals surface area (Å²) >= 11 is 0. The molecule has 0 saturated carbocycles. The molecule has 0 aliphatic carbocycles. The SMILES string of the molecule is CC(=O)Nc1nc(-c2cccc(C)c2)c(-c2ccc3c(c2)n(C)c(=O)n3C(C)C)[nH]1. The molecular formula is C23H25N5O2. The zero-order valence-corrected chi connectivity index (χ0v) is 17.8. The molecule has 0 radical (unpaired) electrons. The topological polar surface area (TPSA) is 84.7 Å². The largest absolute Gasteiger partial charge is 0.329 e. The Morgan fingerprint density at radius 3 is 2.53 bits per heavy atom. The summed E-state index contributed by atoms with van der Waals surface area (Å²) in [5, 5.41) is 2.73. The van der Waals surface area contributed by atoms with Crippen LogP contribution in [0.3, 0.4) is 0 Å². The molecule has 0 aliphatic rings. The Bertz CT molecular complexity index is 1320. The fourth-order valence-corrected chi connectivity index (χ4v) is 3.83. The Hall–Kier alpha value is -3.61. The number of fused-ring (bicyclic) bond motifs is 1. The van der Waals surface area contributed by atoms with Gasteiger partial charge in [0.15, 0.2) is 0 Å². The smallest absolute Gasteiger partial charge is 0.323 e. The molecular weight excluding hydrogens is 378 g/mol. The number of carbonyl (C=O) groups excluding carboxylic acids is 1. The van der Waals surface area contributed by atoms with E-state index in [0.29, 0.717) is 5.95 Å². The summed E-state index contributed by atoms with van der Waals surface area (Å²) in [5.41, 5.74) is 6.18. The number of hydrogen-bond donors (Lipinski definition) is 2. The van der Waals surface area contributed by atoms with Crippen molar-refractivity contribution >= 4 is 22.9 Å². The molecule has 2 aromatic heterocycles. The van der Waals surface area contributed by atoms with E-state index in [4.69, 9.17) is 0 Å². The van der Waals surface area contributed by atoms with E-state index >= 15 is 0 Å². The van der Waals surface area contributed by atoms with Crippen LogP contribution in [0.1, 0.15) is 32.4 Å². The van der Waals surface area contributed by atoms with Crippen LogP contribution in [0.4, 0.5) is 5.95 Å². The average molecular weight is 403 g/mol. The van der Waals surface area contributed by atoms with Crippen LogP contribution >= 0.6 is 0 Å². The maximum absolute atomic E-state index is 12.7. The van der Waals surface area contributed by atoms with E-state index in [2.05, 4.69) is 21.4 Å². The van der Waals surface area contributed by atoms with Crippen LogP contribution in [-0.4, -0.2) is 25.0 Å². The van der Waals surface area contributed by atoms with Crippen molar-refractivity contribution in [1.82, 2.24) is 19.1 Å².